The van der Waals surface area contributed by atoms with E-state index >= 15 is 0 Å². The summed E-state index contributed by atoms with van der Waals surface area (Å²) in [7, 11) is 0. The molecule has 0 aromatic carbocycles. The second kappa shape index (κ2) is 40.1. The number of allylic oxidation sites excluding steroid dienone is 7. The highest BCUT2D eigenvalue weighted by molar-refractivity contribution is 5.80. The lowest BCUT2D eigenvalue weighted by Crippen LogP contribution is -2.48. The molecule has 5 nitrogen and oxygen atoms in total. The molecule has 0 aliphatic carbocycles. The Balaban J connectivity index is 3.57. The molecule has 3 atom stereocenters. The Morgan fingerprint density at radius 3 is 1.34 bits per heavy atom. The van der Waals surface area contributed by atoms with Gasteiger partial charge in [0.25, 0.3) is 0 Å². The van der Waals surface area contributed by atoms with E-state index in [2.05, 4.69) is 48.7 Å². The van der Waals surface area contributed by atoms with Gasteiger partial charge in [0.2, 0.25) is 5.91 Å². The van der Waals surface area contributed by atoms with Gasteiger partial charge in [0.1, 0.15) is 6.10 Å². The van der Waals surface area contributed by atoms with Crippen LogP contribution in [0.5, 0.6) is 0 Å². The average molecular weight is 702 g/mol. The zero-order chi connectivity index (χ0) is 36.6. The summed E-state index contributed by atoms with van der Waals surface area (Å²) in [6, 6.07) is -0.819. The van der Waals surface area contributed by atoms with E-state index in [1.807, 2.05) is 13.0 Å². The highest BCUT2D eigenvalue weighted by Gasteiger charge is 2.22. The average Bonchev–Trinajstić information content (AvgIpc) is 3.12. The lowest BCUT2D eigenvalue weighted by molar-refractivity contribution is -0.131. The molecule has 3 unspecified atom stereocenters. The van der Waals surface area contributed by atoms with Gasteiger partial charge >= 0.3 is 0 Å². The molecule has 0 saturated heterocycles. The smallest absolute Gasteiger partial charge is 0.249 e. The topological polar surface area (TPSA) is 89.8 Å². The van der Waals surface area contributed by atoms with Crippen molar-refractivity contribution in [3.05, 3.63) is 48.6 Å². The normalized spacial score (nSPS) is 14.1. The van der Waals surface area contributed by atoms with E-state index in [4.69, 9.17) is 0 Å². The summed E-state index contributed by atoms with van der Waals surface area (Å²) in [5.41, 5.74) is 0. The lowest BCUT2D eigenvalue weighted by atomic mass is 10.0. The molecule has 0 fully saturated rings. The minimum atomic E-state index is -1.11. The molecular formula is C45H83NO4. The summed E-state index contributed by atoms with van der Waals surface area (Å²) in [5.74, 6) is -0.522. The van der Waals surface area contributed by atoms with Gasteiger partial charge in [0.15, 0.2) is 0 Å². The van der Waals surface area contributed by atoms with Crippen molar-refractivity contribution < 1.29 is 20.1 Å². The third-order valence-corrected chi connectivity index (χ3v) is 9.71. The largest absolute Gasteiger partial charge is 0.394 e. The molecule has 0 rings (SSSR count). The summed E-state index contributed by atoms with van der Waals surface area (Å²) < 4.78 is 0. The predicted molar refractivity (Wildman–Crippen MR) is 217 cm³/mol. The van der Waals surface area contributed by atoms with Crippen molar-refractivity contribution in [2.75, 3.05) is 6.61 Å². The van der Waals surface area contributed by atoms with Crippen LogP contribution in [0.15, 0.2) is 48.6 Å². The van der Waals surface area contributed by atoms with Gasteiger partial charge in [0, 0.05) is 0 Å². The Kier molecular flexibility index (Phi) is 38.7. The number of nitrogens with one attached hydrogen (secondary N) is 1. The van der Waals surface area contributed by atoms with Gasteiger partial charge in [-0.2, -0.15) is 0 Å². The van der Waals surface area contributed by atoms with Crippen molar-refractivity contribution in [2.24, 2.45) is 0 Å². The van der Waals surface area contributed by atoms with E-state index < -0.39 is 24.2 Å². The van der Waals surface area contributed by atoms with Crippen LogP contribution in [0.3, 0.4) is 0 Å². The quantitative estimate of drug-likeness (QED) is 0.0381. The van der Waals surface area contributed by atoms with Crippen molar-refractivity contribution >= 4 is 5.91 Å². The van der Waals surface area contributed by atoms with Crippen LogP contribution in [0.4, 0.5) is 0 Å². The predicted octanol–water partition coefficient (Wildman–Crippen LogP) is 12.2. The zero-order valence-electron chi connectivity index (χ0n) is 33.0. The molecular weight excluding hydrogens is 618 g/mol. The molecule has 1 amide bonds. The number of carbonyl (C=O) groups excluding carboxylic acids is 1. The Labute approximate surface area is 310 Å². The summed E-state index contributed by atoms with van der Waals surface area (Å²) >= 11 is 0. The zero-order valence-corrected chi connectivity index (χ0v) is 33.0. The maximum absolute atomic E-state index is 12.4. The van der Waals surface area contributed by atoms with Gasteiger partial charge in [-0.3, -0.25) is 4.79 Å². The van der Waals surface area contributed by atoms with Crippen molar-refractivity contribution in [1.82, 2.24) is 5.32 Å². The van der Waals surface area contributed by atoms with Crippen molar-refractivity contribution in [3.8, 4) is 0 Å². The number of aliphatic hydroxyl groups excluding tert-OH is 3. The fraction of sp³-hybridized carbons (Fsp3) is 0.800. The van der Waals surface area contributed by atoms with Crippen LogP contribution in [0.1, 0.15) is 206 Å². The number of hydrogen-bond acceptors (Lipinski definition) is 4. The molecule has 0 aromatic heterocycles. The molecule has 0 aliphatic rings. The Morgan fingerprint density at radius 1 is 0.520 bits per heavy atom. The number of unbranched alkanes of at least 4 members (excludes halogenated alkanes) is 25. The second-order valence-electron chi connectivity index (χ2n) is 14.5. The molecule has 292 valence electrons. The third-order valence-electron chi connectivity index (χ3n) is 9.71. The van der Waals surface area contributed by atoms with Gasteiger partial charge in [-0.05, 0) is 64.7 Å². The van der Waals surface area contributed by atoms with Gasteiger partial charge < -0.3 is 20.6 Å². The molecule has 0 saturated carbocycles. The summed E-state index contributed by atoms with van der Waals surface area (Å²) in [6.07, 6.45) is 51.8. The van der Waals surface area contributed by atoms with Gasteiger partial charge in [-0.1, -0.05) is 190 Å². The first-order valence-electron chi connectivity index (χ1n) is 21.4. The lowest BCUT2D eigenvalue weighted by Gasteiger charge is -2.21. The van der Waals surface area contributed by atoms with E-state index in [0.29, 0.717) is 6.42 Å². The molecule has 4 N–H and O–H groups in total. The first-order chi connectivity index (χ1) is 24.6. The minimum Gasteiger partial charge on any atom is -0.394 e. The van der Waals surface area contributed by atoms with Crippen LogP contribution in [-0.2, 0) is 4.79 Å². The standard InChI is InChI=1S/C45H83NO4/c1-3-5-7-9-11-13-14-15-16-17-18-19-20-21-22-23-24-25-26-27-28-29-30-32-34-36-38-40-44(49)45(50)46-42(41-47)43(48)39-37-35-33-31-12-10-8-6-4-2/h4,6,12,21-22,31,37,39,42-44,47-49H,3,5,7-11,13-20,23-30,32-36,38,40-41H2,1-2H3,(H,46,50)/b6-4+,22-21-,31-12+,39-37+. The molecule has 50 heavy (non-hydrogen) atoms. The van der Waals surface area contributed by atoms with Crippen molar-refractivity contribution in [1.29, 1.82) is 0 Å². The van der Waals surface area contributed by atoms with Crippen LogP contribution < -0.4 is 5.32 Å². The van der Waals surface area contributed by atoms with Crippen LogP contribution in [0.2, 0.25) is 0 Å². The number of carbonyl (C=O) groups is 1. The fourth-order valence-corrected chi connectivity index (χ4v) is 6.34. The highest BCUT2D eigenvalue weighted by atomic mass is 16.3. The van der Waals surface area contributed by atoms with Crippen LogP contribution in [0.25, 0.3) is 0 Å². The van der Waals surface area contributed by atoms with Gasteiger partial charge in [-0.15, -0.1) is 0 Å². The number of amides is 1. The second-order valence-corrected chi connectivity index (χ2v) is 14.5. The Hall–Kier alpha value is -1.69. The van der Waals surface area contributed by atoms with Crippen LogP contribution in [-0.4, -0.2) is 46.1 Å². The highest BCUT2D eigenvalue weighted by Crippen LogP contribution is 2.15. The van der Waals surface area contributed by atoms with E-state index in [-0.39, 0.29) is 6.61 Å². The fourth-order valence-electron chi connectivity index (χ4n) is 6.34. The van der Waals surface area contributed by atoms with Crippen LogP contribution in [0, 0.1) is 0 Å². The number of hydrogen-bond donors (Lipinski definition) is 4. The molecule has 0 bridgehead atoms. The minimum absolute atomic E-state index is 0.383. The molecule has 0 spiro atoms. The molecule has 0 heterocycles. The maximum Gasteiger partial charge on any atom is 0.249 e. The first-order valence-corrected chi connectivity index (χ1v) is 21.4. The summed E-state index contributed by atoms with van der Waals surface area (Å²) in [6.45, 7) is 3.93. The van der Waals surface area contributed by atoms with E-state index in [9.17, 15) is 20.1 Å². The third kappa shape index (κ3) is 34.7. The van der Waals surface area contributed by atoms with Crippen LogP contribution >= 0.6 is 0 Å². The van der Waals surface area contributed by atoms with E-state index in [1.165, 1.54) is 141 Å². The Bertz CT molecular complexity index is 820. The summed E-state index contributed by atoms with van der Waals surface area (Å²) in [4.78, 5) is 12.4. The SMILES string of the molecule is C/C=C/CC/C=C/CC/C=C/C(O)C(CO)NC(=O)C(O)CCCCCCCCCCCCC/C=C\CCCCCCCCCCCCCC. The molecule has 5 heteroatoms. The Morgan fingerprint density at radius 2 is 0.900 bits per heavy atom. The monoisotopic (exact) mass is 702 g/mol. The van der Waals surface area contributed by atoms with E-state index in [0.717, 1.165) is 44.9 Å². The number of rotatable bonds is 38. The van der Waals surface area contributed by atoms with Crippen molar-refractivity contribution in [2.45, 2.75) is 225 Å². The maximum atomic E-state index is 12.4. The van der Waals surface area contributed by atoms with Crippen molar-refractivity contribution in [3.63, 3.8) is 0 Å². The van der Waals surface area contributed by atoms with Gasteiger partial charge in [-0.25, -0.2) is 0 Å². The molecule has 0 aromatic rings. The summed E-state index contributed by atoms with van der Waals surface area (Å²) in [5, 5.41) is 32.9. The first kappa shape index (κ1) is 48.3. The van der Waals surface area contributed by atoms with E-state index in [1.54, 1.807) is 6.08 Å². The number of aliphatic hydroxyl groups is 3. The molecule has 0 radical (unpaired) electrons. The van der Waals surface area contributed by atoms with Gasteiger partial charge in [0.05, 0.1) is 18.8 Å². The molecule has 0 aliphatic heterocycles.